The summed E-state index contributed by atoms with van der Waals surface area (Å²) in [6, 6.07) is 16.3. The third-order valence-corrected chi connectivity index (χ3v) is 7.79. The van der Waals surface area contributed by atoms with E-state index in [1.165, 1.54) is 7.11 Å². The molecule has 2 unspecified atom stereocenters. The van der Waals surface area contributed by atoms with E-state index in [4.69, 9.17) is 32.9 Å². The van der Waals surface area contributed by atoms with Crippen molar-refractivity contribution < 1.29 is 14.3 Å². The molecule has 1 amide bonds. The zero-order chi connectivity index (χ0) is 26.4. The van der Waals surface area contributed by atoms with Crippen LogP contribution in [0.2, 0.25) is 10.0 Å². The fourth-order valence-corrected chi connectivity index (χ4v) is 5.91. The van der Waals surface area contributed by atoms with Gasteiger partial charge >= 0.3 is 0 Å². The summed E-state index contributed by atoms with van der Waals surface area (Å²) in [4.78, 5) is 39.6. The summed E-state index contributed by atoms with van der Waals surface area (Å²) in [7, 11) is 1.50. The van der Waals surface area contributed by atoms with E-state index in [1.807, 2.05) is 48.7 Å². The Morgan fingerprint density at radius 3 is 2.45 bits per heavy atom. The maximum absolute atomic E-state index is 13.6. The predicted molar refractivity (Wildman–Crippen MR) is 145 cm³/mol. The molecule has 4 aromatic rings. The van der Waals surface area contributed by atoms with Crippen molar-refractivity contribution in [1.29, 1.82) is 0 Å². The van der Waals surface area contributed by atoms with Gasteiger partial charge in [0.2, 0.25) is 5.88 Å². The molecule has 2 atom stereocenters. The van der Waals surface area contributed by atoms with Gasteiger partial charge < -0.3 is 14.0 Å². The fourth-order valence-electron chi connectivity index (χ4n) is 5.60. The molecule has 2 aliphatic rings. The Hall–Kier alpha value is -3.46. The molecule has 3 aromatic heterocycles. The Bertz CT molecular complexity index is 1520. The van der Waals surface area contributed by atoms with Gasteiger partial charge in [-0.05, 0) is 30.3 Å². The topological polar surface area (TPSA) is 80.0 Å². The van der Waals surface area contributed by atoms with E-state index in [9.17, 15) is 9.59 Å². The second-order valence-corrected chi connectivity index (χ2v) is 10.5. The smallest absolute Gasteiger partial charge is 0.274 e. The van der Waals surface area contributed by atoms with Crippen molar-refractivity contribution in [3.8, 4) is 17.1 Å². The lowest BCUT2D eigenvalue weighted by atomic mass is 9.89. The third-order valence-electron chi connectivity index (χ3n) is 7.24. The lowest BCUT2D eigenvalue weighted by molar-refractivity contribution is -0.127. The number of likely N-dealkylation sites (tertiary alicyclic amines) is 1. The molecule has 10 heteroatoms. The molecule has 2 aliphatic heterocycles. The Morgan fingerprint density at radius 1 is 1.00 bits per heavy atom. The van der Waals surface area contributed by atoms with Crippen LogP contribution in [0.4, 0.5) is 0 Å². The molecule has 2 saturated heterocycles. The van der Waals surface area contributed by atoms with Gasteiger partial charge in [-0.2, -0.15) is 0 Å². The summed E-state index contributed by atoms with van der Waals surface area (Å²) in [5.74, 6) is 0.220. The maximum atomic E-state index is 13.6. The number of aromatic nitrogens is 3. The molecule has 38 heavy (non-hydrogen) atoms. The van der Waals surface area contributed by atoms with Crippen LogP contribution in [-0.4, -0.2) is 68.1 Å². The molecule has 0 N–H and O–H groups in total. The molecule has 2 bridgehead atoms. The van der Waals surface area contributed by atoms with Crippen LogP contribution in [0.25, 0.3) is 16.9 Å². The monoisotopic (exact) mass is 549 g/mol. The molecule has 194 valence electrons. The molecular formula is C28H25Cl2N5O3. The first kappa shape index (κ1) is 24.9. The molecule has 2 fully saturated rings. The van der Waals surface area contributed by atoms with Crippen LogP contribution in [0.1, 0.15) is 29.0 Å². The number of hydrogen-bond donors (Lipinski definition) is 0. The Labute approximate surface area is 229 Å². The Morgan fingerprint density at radius 2 is 1.74 bits per heavy atom. The molecular weight excluding hydrogens is 525 g/mol. The second-order valence-electron chi connectivity index (χ2n) is 9.69. The number of halogens is 2. The van der Waals surface area contributed by atoms with Gasteiger partial charge in [0.25, 0.3) is 5.91 Å². The third kappa shape index (κ3) is 4.53. The van der Waals surface area contributed by atoms with Crippen LogP contribution in [0.5, 0.6) is 5.88 Å². The zero-order valence-corrected chi connectivity index (χ0v) is 22.2. The van der Waals surface area contributed by atoms with Gasteiger partial charge in [0.1, 0.15) is 11.4 Å². The van der Waals surface area contributed by atoms with Gasteiger partial charge in [0.05, 0.1) is 35.6 Å². The average Bonchev–Trinajstić information content (AvgIpc) is 3.26. The standard InChI is InChI=1S/C28H25Cl2N5O3/c1-38-25-10-9-22(30)27(32-25)28(37)35-19-12-21(36)13-20(35)15-33(14-19)16-23-26(17-5-7-18(29)8-6-17)31-24-4-2-3-11-34(23)24/h2-11,19-20H,12-16H2,1H3. The summed E-state index contributed by atoms with van der Waals surface area (Å²) >= 11 is 12.5. The Balaban J connectivity index is 1.31. The van der Waals surface area contributed by atoms with Crippen molar-refractivity contribution in [2.45, 2.75) is 31.5 Å². The molecule has 0 radical (unpaired) electrons. The number of rotatable bonds is 5. The summed E-state index contributed by atoms with van der Waals surface area (Å²) in [6.07, 6.45) is 2.62. The van der Waals surface area contributed by atoms with E-state index >= 15 is 0 Å². The SMILES string of the molecule is COc1ccc(Cl)c(C(=O)N2C3CC(=O)CC2CN(Cc2c(-c4ccc(Cl)cc4)nc4ccccn24)C3)n1. The Kier molecular flexibility index (Phi) is 6.55. The fraction of sp³-hybridized carbons (Fsp3) is 0.286. The van der Waals surface area contributed by atoms with Crippen LogP contribution >= 0.6 is 23.2 Å². The second kappa shape index (κ2) is 10.0. The lowest BCUT2D eigenvalue weighted by Crippen LogP contribution is -2.64. The number of piperidine rings is 1. The lowest BCUT2D eigenvalue weighted by Gasteiger charge is -2.49. The van der Waals surface area contributed by atoms with Crippen molar-refractivity contribution in [3.05, 3.63) is 82.2 Å². The highest BCUT2D eigenvalue weighted by atomic mass is 35.5. The van der Waals surface area contributed by atoms with Gasteiger partial charge in [-0.25, -0.2) is 9.97 Å². The van der Waals surface area contributed by atoms with Crippen molar-refractivity contribution in [3.63, 3.8) is 0 Å². The quantitative estimate of drug-likeness (QED) is 0.356. The molecule has 0 saturated carbocycles. The summed E-state index contributed by atoms with van der Waals surface area (Å²) < 4.78 is 7.30. The summed E-state index contributed by atoms with van der Waals surface area (Å²) in [5.41, 5.74) is 3.92. The minimum absolute atomic E-state index is 0.149. The van der Waals surface area contributed by atoms with Gasteiger partial charge in [-0.1, -0.05) is 41.4 Å². The van der Waals surface area contributed by atoms with E-state index in [2.05, 4.69) is 14.3 Å². The molecule has 6 rings (SSSR count). The van der Waals surface area contributed by atoms with Crippen LogP contribution in [0, 0.1) is 0 Å². The number of methoxy groups -OCH3 is 1. The number of ketones is 1. The molecule has 1 aromatic carbocycles. The number of benzene rings is 1. The highest BCUT2D eigenvalue weighted by molar-refractivity contribution is 6.33. The number of fused-ring (bicyclic) bond motifs is 3. The van der Waals surface area contributed by atoms with Crippen molar-refractivity contribution in [1.82, 2.24) is 24.2 Å². The first-order valence-electron chi connectivity index (χ1n) is 12.4. The first-order chi connectivity index (χ1) is 18.4. The minimum Gasteiger partial charge on any atom is -0.481 e. The normalized spacial score (nSPS) is 19.7. The van der Waals surface area contributed by atoms with E-state index in [-0.39, 0.29) is 34.5 Å². The molecule has 0 aliphatic carbocycles. The zero-order valence-electron chi connectivity index (χ0n) is 20.7. The first-order valence-corrected chi connectivity index (χ1v) is 13.2. The number of pyridine rings is 2. The number of carbonyl (C=O) groups excluding carboxylic acids is 2. The van der Waals surface area contributed by atoms with E-state index in [1.54, 1.807) is 17.0 Å². The molecule has 0 spiro atoms. The summed E-state index contributed by atoms with van der Waals surface area (Å²) in [5, 5.41) is 0.934. The van der Waals surface area contributed by atoms with Gasteiger partial charge in [0.15, 0.2) is 5.69 Å². The summed E-state index contributed by atoms with van der Waals surface area (Å²) in [6.45, 7) is 1.72. The van der Waals surface area contributed by atoms with Crippen molar-refractivity contribution in [2.75, 3.05) is 20.2 Å². The number of Topliss-reactive ketones (excluding diaryl/α,β-unsaturated/α-hetero) is 1. The van der Waals surface area contributed by atoms with Gasteiger partial charge in [0, 0.05) is 55.3 Å². The predicted octanol–water partition coefficient (Wildman–Crippen LogP) is 4.77. The number of hydrogen-bond acceptors (Lipinski definition) is 6. The average molecular weight is 550 g/mol. The number of amides is 1. The number of nitrogens with zero attached hydrogens (tertiary/aromatic N) is 5. The van der Waals surface area contributed by atoms with Crippen LogP contribution < -0.4 is 4.74 Å². The number of piperazine rings is 1. The molecule has 8 nitrogen and oxygen atoms in total. The van der Waals surface area contributed by atoms with Crippen LogP contribution in [0.15, 0.2) is 60.8 Å². The van der Waals surface area contributed by atoms with E-state index in [0.717, 1.165) is 22.6 Å². The number of imidazole rings is 1. The highest BCUT2D eigenvalue weighted by Gasteiger charge is 2.44. The minimum atomic E-state index is -0.273. The largest absolute Gasteiger partial charge is 0.481 e. The van der Waals surface area contributed by atoms with Crippen molar-refractivity contribution >= 4 is 40.5 Å². The van der Waals surface area contributed by atoms with Gasteiger partial charge in [-0.3, -0.25) is 14.5 Å². The van der Waals surface area contributed by atoms with Gasteiger partial charge in [-0.15, -0.1) is 0 Å². The van der Waals surface area contributed by atoms with Crippen LogP contribution in [0.3, 0.4) is 0 Å². The maximum Gasteiger partial charge on any atom is 0.274 e. The van der Waals surface area contributed by atoms with Crippen LogP contribution in [-0.2, 0) is 11.3 Å². The van der Waals surface area contributed by atoms with Crippen molar-refractivity contribution in [2.24, 2.45) is 0 Å². The van der Waals surface area contributed by atoms with E-state index < -0.39 is 0 Å². The number of carbonyl (C=O) groups is 2. The number of ether oxygens (including phenoxy) is 1. The highest BCUT2D eigenvalue weighted by Crippen LogP contribution is 2.33. The molecule has 5 heterocycles. The van der Waals surface area contributed by atoms with E-state index in [0.29, 0.717) is 43.4 Å².